The van der Waals surface area contributed by atoms with Gasteiger partial charge in [0.15, 0.2) is 5.75 Å². The number of nitrogens with zero attached hydrogens (tertiary/aromatic N) is 3. The molecule has 0 aliphatic heterocycles. The predicted octanol–water partition coefficient (Wildman–Crippen LogP) is 5.35. The summed E-state index contributed by atoms with van der Waals surface area (Å²) < 4.78 is 70.8. The fourth-order valence-corrected chi connectivity index (χ4v) is 6.87. The summed E-state index contributed by atoms with van der Waals surface area (Å²) in [6.07, 6.45) is 0. The Balaban J connectivity index is 1.50. The van der Waals surface area contributed by atoms with Crippen molar-refractivity contribution in [3.63, 3.8) is 0 Å². The van der Waals surface area contributed by atoms with Crippen LogP contribution in [-0.4, -0.2) is 36.0 Å². The van der Waals surface area contributed by atoms with Crippen molar-refractivity contribution < 1.29 is 31.0 Å². The molecule has 1 N–H and O–H groups in total. The third-order valence-electron chi connectivity index (χ3n) is 5.57. The van der Waals surface area contributed by atoms with Gasteiger partial charge in [0.1, 0.15) is 30.9 Å². The van der Waals surface area contributed by atoms with Crippen LogP contribution in [-0.2, 0) is 20.2 Å². The Labute approximate surface area is 215 Å². The quantitative estimate of drug-likeness (QED) is 0.224. The second-order valence-electron chi connectivity index (χ2n) is 8.02. The van der Waals surface area contributed by atoms with Crippen LogP contribution >= 0.6 is 11.3 Å². The van der Waals surface area contributed by atoms with Crippen molar-refractivity contribution in [1.29, 1.82) is 0 Å². The summed E-state index contributed by atoms with van der Waals surface area (Å²) in [6, 6.07) is 16.7. The summed E-state index contributed by atoms with van der Waals surface area (Å²) in [5.74, 6) is -0.322. The molecule has 0 aliphatic rings. The molecule has 13 heteroatoms. The summed E-state index contributed by atoms with van der Waals surface area (Å²) in [4.78, 5) is 3.63. The second-order valence-corrected chi connectivity index (χ2v) is 11.7. The number of aromatic nitrogens is 1. The van der Waals surface area contributed by atoms with Gasteiger partial charge in [-0.1, -0.05) is 30.3 Å². The molecule has 0 saturated heterocycles. The Morgan fingerprint density at radius 2 is 1.54 bits per heavy atom. The van der Waals surface area contributed by atoms with Crippen molar-refractivity contribution in [2.75, 3.05) is 0 Å². The van der Waals surface area contributed by atoms with Crippen molar-refractivity contribution in [1.82, 2.24) is 4.98 Å². The molecule has 0 fully saturated rings. The van der Waals surface area contributed by atoms with Crippen LogP contribution in [0.2, 0.25) is 0 Å². The molecule has 0 amide bonds. The van der Waals surface area contributed by atoms with E-state index in [-0.39, 0.29) is 31.8 Å². The van der Waals surface area contributed by atoms with Crippen molar-refractivity contribution in [3.05, 3.63) is 72.3 Å². The Kier molecular flexibility index (Phi) is 6.04. The highest BCUT2D eigenvalue weighted by atomic mass is 32.2. The van der Waals surface area contributed by atoms with Crippen LogP contribution in [0.3, 0.4) is 0 Å². The maximum absolute atomic E-state index is 11.8. The number of azo groups is 1. The van der Waals surface area contributed by atoms with E-state index < -0.39 is 25.1 Å². The normalized spacial score (nSPS) is 12.6. The molecule has 1 aromatic heterocycles. The summed E-state index contributed by atoms with van der Waals surface area (Å²) in [6.45, 7) is 1.55. The largest absolute Gasteiger partial charge is 0.744 e. The van der Waals surface area contributed by atoms with E-state index >= 15 is 0 Å². The SMILES string of the molecule is Cc1ccc2nc(-c3ccc(N=Nc4cc(S(=O)(=O)[O-])c5ccccc5c4O)cc3)sc2c1S(=O)(=O)[O-]. The molecule has 4 aromatic carbocycles. The first-order valence-electron chi connectivity index (χ1n) is 10.5. The lowest BCUT2D eigenvalue weighted by Crippen LogP contribution is -2.01. The van der Waals surface area contributed by atoms with Gasteiger partial charge in [0.05, 0.1) is 25.7 Å². The number of phenols is 1. The summed E-state index contributed by atoms with van der Waals surface area (Å²) >= 11 is 1.08. The predicted molar refractivity (Wildman–Crippen MR) is 136 cm³/mol. The molecule has 5 rings (SSSR count). The molecule has 188 valence electrons. The summed E-state index contributed by atoms with van der Waals surface area (Å²) in [5, 5.41) is 19.3. The first-order valence-corrected chi connectivity index (χ1v) is 14.2. The lowest BCUT2D eigenvalue weighted by Gasteiger charge is -2.13. The minimum atomic E-state index is -4.84. The van der Waals surface area contributed by atoms with Gasteiger partial charge in [-0.15, -0.1) is 16.5 Å². The maximum Gasteiger partial charge on any atom is 0.150 e. The zero-order valence-electron chi connectivity index (χ0n) is 18.8. The average Bonchev–Trinajstić information content (AvgIpc) is 3.26. The van der Waals surface area contributed by atoms with Crippen molar-refractivity contribution >= 4 is 63.9 Å². The van der Waals surface area contributed by atoms with Gasteiger partial charge < -0.3 is 14.2 Å². The molecule has 0 bridgehead atoms. The molecule has 0 saturated carbocycles. The number of aryl methyl sites for hydroxylation is 1. The van der Waals surface area contributed by atoms with Gasteiger partial charge in [-0.2, -0.15) is 5.11 Å². The Hall–Kier alpha value is -3.75. The van der Waals surface area contributed by atoms with Crippen LogP contribution in [0.1, 0.15) is 5.56 Å². The second kappa shape index (κ2) is 8.97. The lowest BCUT2D eigenvalue weighted by atomic mass is 10.1. The average molecular weight is 554 g/mol. The summed E-state index contributed by atoms with van der Waals surface area (Å²) in [7, 11) is -9.52. The molecule has 1 heterocycles. The van der Waals surface area contributed by atoms with Gasteiger partial charge in [-0.3, -0.25) is 0 Å². The molecule has 5 aromatic rings. The zero-order chi connectivity index (χ0) is 26.5. The van der Waals surface area contributed by atoms with Crippen LogP contribution in [0.25, 0.3) is 31.6 Å². The van der Waals surface area contributed by atoms with E-state index in [1.807, 2.05) is 0 Å². The van der Waals surface area contributed by atoms with Crippen LogP contribution in [0, 0.1) is 6.92 Å². The number of hydrogen-bond donors (Lipinski definition) is 1. The molecule has 0 radical (unpaired) electrons. The lowest BCUT2D eigenvalue weighted by molar-refractivity contribution is 0.461. The van der Waals surface area contributed by atoms with Crippen LogP contribution < -0.4 is 0 Å². The number of phenolic OH excluding ortho intramolecular Hbond substituents is 1. The molecule has 0 spiro atoms. The first-order chi connectivity index (χ1) is 17.4. The maximum atomic E-state index is 11.8. The van der Waals surface area contributed by atoms with E-state index in [1.54, 1.807) is 49.4 Å². The molecule has 37 heavy (non-hydrogen) atoms. The van der Waals surface area contributed by atoms with Gasteiger partial charge in [0, 0.05) is 16.3 Å². The third-order valence-corrected chi connectivity index (χ3v) is 8.74. The highest BCUT2D eigenvalue weighted by Crippen LogP contribution is 2.40. The monoisotopic (exact) mass is 553 g/mol. The molecule has 10 nitrogen and oxygen atoms in total. The van der Waals surface area contributed by atoms with Gasteiger partial charge >= 0.3 is 0 Å². The molecule has 0 atom stereocenters. The highest BCUT2D eigenvalue weighted by Gasteiger charge is 2.17. The molecule has 0 aliphatic carbocycles. The topological polar surface area (TPSA) is 172 Å². The van der Waals surface area contributed by atoms with Gasteiger partial charge in [0.2, 0.25) is 0 Å². The fraction of sp³-hybridized carbons (Fsp3) is 0.0417. The standard InChI is InChI=1S/C24H17N3O7S3/c1-13-6-11-18-22(23(13)37(32,33)34)35-24(25-18)14-7-9-15(10-8-14)26-27-19-12-20(36(29,30)31)16-4-2-3-5-17(16)21(19)28/h2-12,28H,1H3,(H,29,30,31)(H,32,33,34)/p-2. The number of benzene rings is 4. The number of thiazole rings is 1. The minimum absolute atomic E-state index is 0.0808. The smallest absolute Gasteiger partial charge is 0.150 e. The number of aromatic hydroxyl groups is 1. The van der Waals surface area contributed by atoms with E-state index in [0.717, 1.165) is 17.4 Å². The molecule has 0 unspecified atom stereocenters. The number of fused-ring (bicyclic) bond motifs is 2. The van der Waals surface area contributed by atoms with E-state index in [0.29, 0.717) is 27.3 Å². The van der Waals surface area contributed by atoms with E-state index in [4.69, 9.17) is 0 Å². The van der Waals surface area contributed by atoms with E-state index in [1.165, 1.54) is 18.2 Å². The van der Waals surface area contributed by atoms with Gasteiger partial charge in [0.25, 0.3) is 0 Å². The molecular formula is C24H15N3O7S3-2. The van der Waals surface area contributed by atoms with Crippen LogP contribution in [0.5, 0.6) is 5.75 Å². The zero-order valence-corrected chi connectivity index (χ0v) is 21.3. The summed E-state index contributed by atoms with van der Waals surface area (Å²) in [5.41, 5.74) is 1.53. The molecular weight excluding hydrogens is 538 g/mol. The third kappa shape index (κ3) is 4.70. The van der Waals surface area contributed by atoms with Crippen molar-refractivity contribution in [2.45, 2.75) is 16.7 Å². The van der Waals surface area contributed by atoms with Gasteiger partial charge in [-0.05, 0) is 48.9 Å². The van der Waals surface area contributed by atoms with Crippen LogP contribution in [0.15, 0.2) is 86.7 Å². The first kappa shape index (κ1) is 24.9. The highest BCUT2D eigenvalue weighted by molar-refractivity contribution is 7.86. The number of hydrogen-bond acceptors (Lipinski definition) is 11. The van der Waals surface area contributed by atoms with Crippen molar-refractivity contribution in [3.8, 4) is 16.3 Å². The minimum Gasteiger partial charge on any atom is -0.744 e. The fourth-order valence-electron chi connectivity index (χ4n) is 3.88. The van der Waals surface area contributed by atoms with Crippen LogP contribution in [0.4, 0.5) is 11.4 Å². The van der Waals surface area contributed by atoms with E-state index in [9.17, 15) is 31.0 Å². The Morgan fingerprint density at radius 3 is 2.19 bits per heavy atom. The van der Waals surface area contributed by atoms with Gasteiger partial charge in [-0.25, -0.2) is 21.8 Å². The Morgan fingerprint density at radius 1 is 0.865 bits per heavy atom. The van der Waals surface area contributed by atoms with Crippen molar-refractivity contribution in [2.24, 2.45) is 10.2 Å². The Bertz CT molecular complexity index is 1950. The van der Waals surface area contributed by atoms with E-state index in [2.05, 4.69) is 15.2 Å². The number of rotatable bonds is 5.